The topological polar surface area (TPSA) is 20.2 Å². The molecule has 1 nitrogen and oxygen atoms in total. The van der Waals surface area contributed by atoms with Gasteiger partial charge in [-0.2, -0.15) is 0 Å². The highest BCUT2D eigenvalue weighted by molar-refractivity contribution is 5.22. The minimum atomic E-state index is -0.149. The van der Waals surface area contributed by atoms with Crippen molar-refractivity contribution in [3.8, 4) is 0 Å². The highest BCUT2D eigenvalue weighted by atomic mass is 16.3. The molecule has 0 bridgehead atoms. The molecule has 0 heterocycles. The number of aryl methyl sites for hydroxylation is 1. The molecule has 2 rings (SSSR count). The maximum atomic E-state index is 10.5. The van der Waals surface area contributed by atoms with Crippen molar-refractivity contribution in [1.82, 2.24) is 0 Å². The van der Waals surface area contributed by atoms with Crippen LogP contribution in [0.15, 0.2) is 24.3 Å². The molecule has 20 heavy (non-hydrogen) atoms. The Balaban J connectivity index is 1.78. The molecular weight excluding hydrogens is 244 g/mol. The SMILES string of the molecule is CCCCC1CCC(C(O)Cc2cccc(C)c2)CC1. The lowest BCUT2D eigenvalue weighted by Crippen LogP contribution is -2.27. The van der Waals surface area contributed by atoms with E-state index in [1.54, 1.807) is 0 Å². The van der Waals surface area contributed by atoms with Crippen LogP contribution in [-0.2, 0) is 6.42 Å². The molecule has 1 aromatic rings. The molecule has 1 unspecified atom stereocenters. The van der Waals surface area contributed by atoms with Crippen LogP contribution in [0.1, 0.15) is 63.0 Å². The maximum absolute atomic E-state index is 10.5. The third-order valence-corrected chi connectivity index (χ3v) is 4.93. The van der Waals surface area contributed by atoms with Crippen molar-refractivity contribution in [1.29, 1.82) is 0 Å². The molecule has 1 atom stereocenters. The van der Waals surface area contributed by atoms with Gasteiger partial charge in [-0.15, -0.1) is 0 Å². The normalized spacial score (nSPS) is 24.6. The van der Waals surface area contributed by atoms with Gasteiger partial charge in [-0.1, -0.05) is 68.9 Å². The summed E-state index contributed by atoms with van der Waals surface area (Å²) in [5, 5.41) is 10.5. The Morgan fingerprint density at radius 3 is 2.60 bits per heavy atom. The summed E-state index contributed by atoms with van der Waals surface area (Å²) in [4.78, 5) is 0. The Hall–Kier alpha value is -0.820. The first-order chi connectivity index (χ1) is 9.69. The van der Waals surface area contributed by atoms with Gasteiger partial charge in [-0.25, -0.2) is 0 Å². The van der Waals surface area contributed by atoms with E-state index in [0.29, 0.717) is 5.92 Å². The van der Waals surface area contributed by atoms with E-state index in [1.807, 2.05) is 0 Å². The number of aliphatic hydroxyl groups is 1. The first kappa shape index (κ1) is 15.6. The molecule has 0 amide bonds. The van der Waals surface area contributed by atoms with Crippen molar-refractivity contribution in [2.75, 3.05) is 0 Å². The van der Waals surface area contributed by atoms with E-state index in [-0.39, 0.29) is 6.10 Å². The minimum Gasteiger partial charge on any atom is -0.392 e. The van der Waals surface area contributed by atoms with E-state index in [1.165, 1.54) is 56.1 Å². The zero-order valence-corrected chi connectivity index (χ0v) is 13.1. The second-order valence-electron chi connectivity index (χ2n) is 6.68. The monoisotopic (exact) mass is 274 g/mol. The van der Waals surface area contributed by atoms with Gasteiger partial charge in [-0.05, 0) is 43.6 Å². The molecule has 0 aliphatic heterocycles. The van der Waals surface area contributed by atoms with Crippen LogP contribution in [0.5, 0.6) is 0 Å². The Morgan fingerprint density at radius 1 is 1.20 bits per heavy atom. The van der Waals surface area contributed by atoms with Gasteiger partial charge in [0.15, 0.2) is 0 Å². The van der Waals surface area contributed by atoms with Crippen molar-refractivity contribution < 1.29 is 5.11 Å². The van der Waals surface area contributed by atoms with Gasteiger partial charge in [0.25, 0.3) is 0 Å². The van der Waals surface area contributed by atoms with Gasteiger partial charge < -0.3 is 5.11 Å². The van der Waals surface area contributed by atoms with E-state index in [9.17, 15) is 5.11 Å². The van der Waals surface area contributed by atoms with Gasteiger partial charge in [0.05, 0.1) is 6.10 Å². The van der Waals surface area contributed by atoms with Crippen molar-refractivity contribution in [2.24, 2.45) is 11.8 Å². The van der Waals surface area contributed by atoms with Gasteiger partial charge in [0.2, 0.25) is 0 Å². The molecule has 0 aromatic heterocycles. The van der Waals surface area contributed by atoms with Crippen molar-refractivity contribution >= 4 is 0 Å². The summed E-state index contributed by atoms with van der Waals surface area (Å²) in [5.74, 6) is 1.45. The third kappa shape index (κ3) is 4.63. The molecule has 0 spiro atoms. The molecule has 1 aliphatic carbocycles. The Kier molecular flexibility index (Phi) is 6.09. The fourth-order valence-electron chi connectivity index (χ4n) is 3.60. The van der Waals surface area contributed by atoms with Crippen molar-refractivity contribution in [2.45, 2.75) is 71.3 Å². The lowest BCUT2D eigenvalue weighted by molar-refractivity contribution is 0.0726. The smallest absolute Gasteiger partial charge is 0.0608 e. The molecule has 1 saturated carbocycles. The predicted molar refractivity (Wildman–Crippen MR) is 85.9 cm³/mol. The maximum Gasteiger partial charge on any atom is 0.0608 e. The van der Waals surface area contributed by atoms with E-state index in [2.05, 4.69) is 38.1 Å². The number of hydrogen-bond donors (Lipinski definition) is 1. The first-order valence-corrected chi connectivity index (χ1v) is 8.42. The van der Waals surface area contributed by atoms with Crippen LogP contribution < -0.4 is 0 Å². The zero-order valence-electron chi connectivity index (χ0n) is 13.1. The van der Waals surface area contributed by atoms with E-state index >= 15 is 0 Å². The molecule has 1 N–H and O–H groups in total. The van der Waals surface area contributed by atoms with Crippen LogP contribution in [-0.4, -0.2) is 11.2 Å². The fourth-order valence-corrected chi connectivity index (χ4v) is 3.60. The van der Waals surface area contributed by atoms with Crippen LogP contribution in [0, 0.1) is 18.8 Å². The quantitative estimate of drug-likeness (QED) is 0.782. The average Bonchev–Trinajstić information content (AvgIpc) is 2.45. The predicted octanol–water partition coefficient (Wildman–Crippen LogP) is 4.90. The van der Waals surface area contributed by atoms with Gasteiger partial charge in [0.1, 0.15) is 0 Å². The summed E-state index contributed by atoms with van der Waals surface area (Å²) in [7, 11) is 0. The third-order valence-electron chi connectivity index (χ3n) is 4.93. The lowest BCUT2D eigenvalue weighted by atomic mass is 9.76. The molecular formula is C19H30O. The van der Waals surface area contributed by atoms with Gasteiger partial charge in [-0.3, -0.25) is 0 Å². The van der Waals surface area contributed by atoms with Crippen LogP contribution in [0.4, 0.5) is 0 Å². The van der Waals surface area contributed by atoms with E-state index in [4.69, 9.17) is 0 Å². The Labute approximate surface area is 124 Å². The first-order valence-electron chi connectivity index (χ1n) is 8.42. The second-order valence-corrected chi connectivity index (χ2v) is 6.68. The number of benzene rings is 1. The number of hydrogen-bond acceptors (Lipinski definition) is 1. The van der Waals surface area contributed by atoms with Gasteiger partial charge in [0, 0.05) is 0 Å². The fraction of sp³-hybridized carbons (Fsp3) is 0.684. The number of unbranched alkanes of at least 4 members (excludes halogenated alkanes) is 1. The molecule has 1 aliphatic rings. The second kappa shape index (κ2) is 7.83. The summed E-state index contributed by atoms with van der Waals surface area (Å²) in [5.41, 5.74) is 2.57. The van der Waals surface area contributed by atoms with E-state index in [0.717, 1.165) is 12.3 Å². The molecule has 1 fully saturated rings. The van der Waals surface area contributed by atoms with Crippen LogP contribution in [0.3, 0.4) is 0 Å². The highest BCUT2D eigenvalue weighted by Crippen LogP contribution is 2.34. The summed E-state index contributed by atoms with van der Waals surface area (Å²) >= 11 is 0. The molecule has 0 radical (unpaired) electrons. The van der Waals surface area contributed by atoms with Gasteiger partial charge >= 0.3 is 0 Å². The standard InChI is InChI=1S/C19H30O/c1-3-4-7-16-9-11-18(12-10-16)19(20)14-17-8-5-6-15(2)13-17/h5-6,8,13,16,18-20H,3-4,7,9-12,14H2,1-2H3. The largest absolute Gasteiger partial charge is 0.392 e. The Morgan fingerprint density at radius 2 is 1.95 bits per heavy atom. The summed E-state index contributed by atoms with van der Waals surface area (Å²) in [6.07, 6.45) is 9.87. The van der Waals surface area contributed by atoms with E-state index < -0.39 is 0 Å². The van der Waals surface area contributed by atoms with Crippen molar-refractivity contribution in [3.63, 3.8) is 0 Å². The lowest BCUT2D eigenvalue weighted by Gasteiger charge is -2.31. The number of rotatable bonds is 6. The van der Waals surface area contributed by atoms with Crippen LogP contribution in [0.2, 0.25) is 0 Å². The van der Waals surface area contributed by atoms with Crippen molar-refractivity contribution in [3.05, 3.63) is 35.4 Å². The van der Waals surface area contributed by atoms with Crippen LogP contribution >= 0.6 is 0 Å². The summed E-state index contributed by atoms with van der Waals surface area (Å²) in [6, 6.07) is 8.56. The summed E-state index contributed by atoms with van der Waals surface area (Å²) in [6.45, 7) is 4.39. The number of aliphatic hydroxyl groups excluding tert-OH is 1. The average molecular weight is 274 g/mol. The minimum absolute atomic E-state index is 0.149. The zero-order chi connectivity index (χ0) is 14.4. The molecule has 1 heteroatoms. The Bertz CT molecular complexity index is 391. The highest BCUT2D eigenvalue weighted by Gasteiger charge is 2.26. The van der Waals surface area contributed by atoms with Crippen LogP contribution in [0.25, 0.3) is 0 Å². The molecule has 112 valence electrons. The molecule has 0 saturated heterocycles. The molecule has 1 aromatic carbocycles. The summed E-state index contributed by atoms with van der Waals surface area (Å²) < 4.78 is 0.